The molecule has 3 heteroatoms. The van der Waals surface area contributed by atoms with Crippen LogP contribution in [-0.4, -0.2) is 30.3 Å². The van der Waals surface area contributed by atoms with Crippen molar-refractivity contribution in [3.8, 4) is 0 Å². The molecule has 1 aliphatic heterocycles. The van der Waals surface area contributed by atoms with E-state index in [4.69, 9.17) is 0 Å². The molecule has 1 aliphatic rings. The van der Waals surface area contributed by atoms with E-state index in [-0.39, 0.29) is 17.3 Å². The van der Waals surface area contributed by atoms with E-state index in [2.05, 4.69) is 11.8 Å². The van der Waals surface area contributed by atoms with Gasteiger partial charge in [-0.2, -0.15) is 0 Å². The summed E-state index contributed by atoms with van der Waals surface area (Å²) in [5, 5.41) is 0. The zero-order chi connectivity index (χ0) is 14.5. The Hall–Kier alpha value is -1.22. The molecule has 0 bridgehead atoms. The Morgan fingerprint density at radius 3 is 2.60 bits per heavy atom. The number of carbonyl (C=O) groups excluding carboxylic acids is 1. The quantitative estimate of drug-likeness (QED) is 0.764. The Labute approximate surface area is 121 Å². The SMILES string of the molecule is CCC1CCN(CC(C)C(=O)c2ccccc2F)CC1. The van der Waals surface area contributed by atoms with Gasteiger partial charge in [-0.25, -0.2) is 4.39 Å². The Morgan fingerprint density at radius 1 is 1.35 bits per heavy atom. The zero-order valence-corrected chi connectivity index (χ0v) is 12.4. The van der Waals surface area contributed by atoms with E-state index in [0.29, 0.717) is 0 Å². The van der Waals surface area contributed by atoms with E-state index in [9.17, 15) is 9.18 Å². The maximum absolute atomic E-state index is 13.6. The second kappa shape index (κ2) is 6.98. The van der Waals surface area contributed by atoms with Gasteiger partial charge in [0.2, 0.25) is 0 Å². The molecule has 0 amide bonds. The summed E-state index contributed by atoms with van der Waals surface area (Å²) in [5.41, 5.74) is 0.225. The van der Waals surface area contributed by atoms with Gasteiger partial charge in [-0.15, -0.1) is 0 Å². The molecule has 1 heterocycles. The van der Waals surface area contributed by atoms with Gasteiger partial charge in [0.1, 0.15) is 5.82 Å². The van der Waals surface area contributed by atoms with Gasteiger partial charge in [0.05, 0.1) is 5.56 Å². The first-order valence-electron chi connectivity index (χ1n) is 7.63. The molecule has 1 aromatic rings. The van der Waals surface area contributed by atoms with Crippen LogP contribution in [0.15, 0.2) is 24.3 Å². The maximum Gasteiger partial charge on any atom is 0.169 e. The predicted molar refractivity (Wildman–Crippen MR) is 79.3 cm³/mol. The minimum Gasteiger partial charge on any atom is -0.303 e. The molecule has 2 nitrogen and oxygen atoms in total. The highest BCUT2D eigenvalue weighted by atomic mass is 19.1. The van der Waals surface area contributed by atoms with Crippen LogP contribution in [0.2, 0.25) is 0 Å². The largest absolute Gasteiger partial charge is 0.303 e. The van der Waals surface area contributed by atoms with E-state index in [0.717, 1.165) is 25.6 Å². The van der Waals surface area contributed by atoms with Crippen LogP contribution >= 0.6 is 0 Å². The first kappa shape index (κ1) is 15.2. The number of ketones is 1. The van der Waals surface area contributed by atoms with Crippen LogP contribution in [0.3, 0.4) is 0 Å². The van der Waals surface area contributed by atoms with Gasteiger partial charge >= 0.3 is 0 Å². The van der Waals surface area contributed by atoms with Gasteiger partial charge in [0.25, 0.3) is 0 Å². The van der Waals surface area contributed by atoms with Gasteiger partial charge in [-0.05, 0) is 44.0 Å². The maximum atomic E-state index is 13.6. The Balaban J connectivity index is 1.91. The highest BCUT2D eigenvalue weighted by Crippen LogP contribution is 2.21. The third kappa shape index (κ3) is 3.66. The monoisotopic (exact) mass is 277 g/mol. The van der Waals surface area contributed by atoms with Crippen molar-refractivity contribution in [2.45, 2.75) is 33.1 Å². The van der Waals surface area contributed by atoms with Crippen LogP contribution in [0.25, 0.3) is 0 Å². The Bertz CT molecular complexity index is 452. The molecular weight excluding hydrogens is 253 g/mol. The predicted octanol–water partition coefficient (Wildman–Crippen LogP) is 3.77. The summed E-state index contributed by atoms with van der Waals surface area (Å²) in [7, 11) is 0. The van der Waals surface area contributed by atoms with Crippen LogP contribution in [0, 0.1) is 17.7 Å². The van der Waals surface area contributed by atoms with Crippen molar-refractivity contribution in [1.29, 1.82) is 0 Å². The number of rotatable bonds is 5. The standard InChI is InChI=1S/C17H24FNO/c1-3-14-8-10-19(11-9-14)12-13(2)17(20)15-6-4-5-7-16(15)18/h4-7,13-14H,3,8-12H2,1-2H3. The molecule has 0 N–H and O–H groups in total. The molecule has 0 radical (unpaired) electrons. The van der Waals surface area contributed by atoms with E-state index >= 15 is 0 Å². The molecule has 110 valence electrons. The Morgan fingerprint density at radius 2 is 2.00 bits per heavy atom. The van der Waals surface area contributed by atoms with Crippen molar-refractivity contribution >= 4 is 5.78 Å². The normalized spacial score (nSPS) is 18.9. The lowest BCUT2D eigenvalue weighted by Gasteiger charge is -2.32. The number of benzene rings is 1. The molecule has 0 spiro atoms. The molecule has 20 heavy (non-hydrogen) atoms. The molecule has 1 saturated heterocycles. The van der Waals surface area contributed by atoms with Crippen LogP contribution in [0.4, 0.5) is 4.39 Å². The second-order valence-electron chi connectivity index (χ2n) is 5.90. The highest BCUT2D eigenvalue weighted by molar-refractivity contribution is 5.98. The summed E-state index contributed by atoms with van der Waals surface area (Å²) in [5.74, 6) is 0.198. The van der Waals surface area contributed by atoms with Crippen molar-refractivity contribution < 1.29 is 9.18 Å². The molecule has 1 unspecified atom stereocenters. The molecule has 2 rings (SSSR count). The highest BCUT2D eigenvalue weighted by Gasteiger charge is 2.23. The lowest BCUT2D eigenvalue weighted by molar-refractivity contribution is 0.0865. The van der Waals surface area contributed by atoms with Crippen molar-refractivity contribution in [2.24, 2.45) is 11.8 Å². The smallest absolute Gasteiger partial charge is 0.169 e. The van der Waals surface area contributed by atoms with Gasteiger partial charge in [0, 0.05) is 12.5 Å². The number of hydrogen-bond donors (Lipinski definition) is 0. The number of carbonyl (C=O) groups is 1. The fourth-order valence-corrected chi connectivity index (χ4v) is 2.97. The fraction of sp³-hybridized carbons (Fsp3) is 0.588. The number of hydrogen-bond acceptors (Lipinski definition) is 2. The van der Waals surface area contributed by atoms with E-state index in [1.807, 2.05) is 6.92 Å². The number of likely N-dealkylation sites (tertiary alicyclic amines) is 1. The molecule has 0 aromatic heterocycles. The van der Waals surface area contributed by atoms with Gasteiger partial charge < -0.3 is 4.90 Å². The number of halogens is 1. The Kier molecular flexibility index (Phi) is 5.30. The lowest BCUT2D eigenvalue weighted by Crippen LogP contribution is -2.38. The minimum absolute atomic E-state index is 0.0827. The van der Waals surface area contributed by atoms with E-state index in [1.54, 1.807) is 18.2 Å². The first-order chi connectivity index (χ1) is 9.61. The molecule has 0 saturated carbocycles. The summed E-state index contributed by atoms with van der Waals surface area (Å²) < 4.78 is 13.6. The second-order valence-corrected chi connectivity index (χ2v) is 5.90. The van der Waals surface area contributed by atoms with Crippen molar-refractivity contribution in [3.63, 3.8) is 0 Å². The van der Waals surface area contributed by atoms with Crippen molar-refractivity contribution in [3.05, 3.63) is 35.6 Å². The number of piperidine rings is 1. The molecule has 0 aliphatic carbocycles. The van der Waals surface area contributed by atoms with Crippen molar-refractivity contribution in [2.75, 3.05) is 19.6 Å². The van der Waals surface area contributed by atoms with Crippen LogP contribution < -0.4 is 0 Å². The van der Waals surface area contributed by atoms with E-state index < -0.39 is 5.82 Å². The average Bonchev–Trinajstić information content (AvgIpc) is 2.48. The summed E-state index contributed by atoms with van der Waals surface area (Å²) >= 11 is 0. The zero-order valence-electron chi connectivity index (χ0n) is 12.4. The molecule has 1 fully saturated rings. The van der Waals surface area contributed by atoms with Gasteiger partial charge in [0.15, 0.2) is 5.78 Å². The average molecular weight is 277 g/mol. The third-order valence-electron chi connectivity index (χ3n) is 4.40. The summed E-state index contributed by atoms with van der Waals surface area (Å²) in [6, 6.07) is 6.27. The number of Topliss-reactive ketones (excluding diaryl/α,β-unsaturated/α-hetero) is 1. The fourth-order valence-electron chi connectivity index (χ4n) is 2.97. The van der Waals surface area contributed by atoms with Crippen molar-refractivity contribution in [1.82, 2.24) is 4.90 Å². The molecule has 1 atom stereocenters. The van der Waals surface area contributed by atoms with Crippen LogP contribution in [0.1, 0.15) is 43.5 Å². The summed E-state index contributed by atoms with van der Waals surface area (Å²) in [4.78, 5) is 14.6. The van der Waals surface area contributed by atoms with Crippen LogP contribution in [-0.2, 0) is 0 Å². The van der Waals surface area contributed by atoms with Gasteiger partial charge in [-0.1, -0.05) is 32.4 Å². The minimum atomic E-state index is -0.408. The summed E-state index contributed by atoms with van der Waals surface area (Å²) in [6.07, 6.45) is 3.69. The van der Waals surface area contributed by atoms with E-state index in [1.165, 1.54) is 25.3 Å². The topological polar surface area (TPSA) is 20.3 Å². The molecule has 1 aromatic carbocycles. The number of nitrogens with zero attached hydrogens (tertiary/aromatic N) is 1. The first-order valence-corrected chi connectivity index (χ1v) is 7.63. The van der Waals surface area contributed by atoms with Gasteiger partial charge in [-0.3, -0.25) is 4.79 Å². The third-order valence-corrected chi connectivity index (χ3v) is 4.40. The lowest BCUT2D eigenvalue weighted by atomic mass is 9.92. The summed E-state index contributed by atoms with van der Waals surface area (Å²) in [6.45, 7) is 7.01. The molecular formula is C17H24FNO. The van der Waals surface area contributed by atoms with Crippen LogP contribution in [0.5, 0.6) is 0 Å².